The quantitative estimate of drug-likeness (QED) is 0.748. The van der Waals surface area contributed by atoms with Crippen LogP contribution in [0.3, 0.4) is 0 Å². The molecule has 0 atom stereocenters. The Bertz CT molecular complexity index is 901. The van der Waals surface area contributed by atoms with Gasteiger partial charge >= 0.3 is 0 Å². The van der Waals surface area contributed by atoms with Crippen molar-refractivity contribution in [2.24, 2.45) is 0 Å². The smallest absolute Gasteiger partial charge is 0.287 e. The summed E-state index contributed by atoms with van der Waals surface area (Å²) in [5, 5.41) is 7.17. The zero-order chi connectivity index (χ0) is 22.2. The van der Waals surface area contributed by atoms with Crippen LogP contribution in [0.2, 0.25) is 5.02 Å². The lowest BCUT2D eigenvalue weighted by Crippen LogP contribution is -2.38. The van der Waals surface area contributed by atoms with Crippen molar-refractivity contribution in [2.75, 3.05) is 38.7 Å². The first-order valence-electron chi connectivity index (χ1n) is 10.7. The third-order valence-electron chi connectivity index (χ3n) is 5.60. The zero-order valence-electron chi connectivity index (χ0n) is 17.7. The van der Waals surface area contributed by atoms with Gasteiger partial charge < -0.3 is 10.1 Å². The van der Waals surface area contributed by atoms with Crippen LogP contribution in [0.1, 0.15) is 43.7 Å². The predicted molar refractivity (Wildman–Crippen MR) is 118 cm³/mol. The first-order valence-corrected chi connectivity index (χ1v) is 11.1. The number of nitrogens with one attached hydrogen (secondary N) is 1. The lowest BCUT2D eigenvalue weighted by molar-refractivity contribution is 0.0968. The molecule has 0 bridgehead atoms. The standard InChI is InChI=1S/C17H19ClF2N4O.C5H10O/c1-21-15-9-22-24(17(25)16(15)18)13-4-6-23(7-5-13)10-11-2-3-12(19)8-14(11)20;1-2-4-6-5-3-1/h2-3,8-9,13,21H,4-7,10H2,1H3;1-5H2. The van der Waals surface area contributed by atoms with E-state index in [1.54, 1.807) is 13.2 Å². The van der Waals surface area contributed by atoms with E-state index in [9.17, 15) is 13.6 Å². The molecule has 0 amide bonds. The maximum absolute atomic E-state index is 13.8. The lowest BCUT2D eigenvalue weighted by atomic mass is 10.0. The lowest BCUT2D eigenvalue weighted by Gasteiger charge is -2.32. The highest BCUT2D eigenvalue weighted by Gasteiger charge is 2.24. The minimum Gasteiger partial charge on any atom is -0.385 e. The number of benzene rings is 1. The van der Waals surface area contributed by atoms with E-state index in [2.05, 4.69) is 15.3 Å². The number of nitrogens with zero attached hydrogens (tertiary/aromatic N) is 3. The van der Waals surface area contributed by atoms with Crippen LogP contribution in [0.25, 0.3) is 0 Å². The minimum atomic E-state index is -0.577. The molecule has 0 aliphatic carbocycles. The summed E-state index contributed by atoms with van der Waals surface area (Å²) in [6, 6.07) is 3.60. The molecule has 2 aliphatic rings. The number of hydrogen-bond donors (Lipinski definition) is 1. The Kier molecular flexibility index (Phi) is 8.80. The fourth-order valence-corrected chi connectivity index (χ4v) is 4.01. The summed E-state index contributed by atoms with van der Waals surface area (Å²) >= 11 is 6.07. The van der Waals surface area contributed by atoms with E-state index in [1.807, 2.05) is 0 Å². The summed E-state index contributed by atoms with van der Waals surface area (Å²) in [4.78, 5) is 14.4. The van der Waals surface area contributed by atoms with Crippen LogP contribution in [0.5, 0.6) is 0 Å². The van der Waals surface area contributed by atoms with Gasteiger partial charge in [-0.05, 0) is 38.2 Å². The first-order chi connectivity index (χ1) is 15.0. The third-order valence-corrected chi connectivity index (χ3v) is 5.97. The molecular formula is C22H29ClF2N4O2. The SMILES string of the molecule is C1CCOCC1.CNc1cnn(C2CCN(Cc3ccc(F)cc3F)CC2)c(=O)c1Cl. The van der Waals surface area contributed by atoms with Gasteiger partial charge in [-0.1, -0.05) is 17.7 Å². The number of rotatable bonds is 4. The summed E-state index contributed by atoms with van der Waals surface area (Å²) < 4.78 is 33.3. The normalized spacial score (nSPS) is 17.7. The summed E-state index contributed by atoms with van der Waals surface area (Å²) in [6.45, 7) is 3.81. The summed E-state index contributed by atoms with van der Waals surface area (Å²) in [6.07, 6.45) is 6.90. The van der Waals surface area contributed by atoms with E-state index in [0.29, 0.717) is 43.7 Å². The molecule has 2 fully saturated rings. The molecule has 2 saturated heterocycles. The van der Waals surface area contributed by atoms with Crippen LogP contribution in [0.4, 0.5) is 14.5 Å². The molecule has 1 aromatic carbocycles. The molecule has 170 valence electrons. The van der Waals surface area contributed by atoms with Gasteiger partial charge in [0.1, 0.15) is 16.7 Å². The fourth-order valence-electron chi connectivity index (χ4n) is 3.78. The van der Waals surface area contributed by atoms with Crippen LogP contribution < -0.4 is 10.9 Å². The van der Waals surface area contributed by atoms with Gasteiger partial charge in [-0.25, -0.2) is 13.5 Å². The number of piperidine rings is 1. The summed E-state index contributed by atoms with van der Waals surface area (Å²) in [7, 11) is 1.68. The van der Waals surface area contributed by atoms with E-state index in [-0.39, 0.29) is 16.6 Å². The van der Waals surface area contributed by atoms with Gasteiger partial charge in [-0.15, -0.1) is 0 Å². The molecule has 0 saturated carbocycles. The molecule has 4 rings (SSSR count). The van der Waals surface area contributed by atoms with Crippen molar-refractivity contribution < 1.29 is 13.5 Å². The van der Waals surface area contributed by atoms with E-state index in [4.69, 9.17) is 16.3 Å². The van der Waals surface area contributed by atoms with Crippen LogP contribution >= 0.6 is 11.6 Å². The fraction of sp³-hybridized carbons (Fsp3) is 0.545. The Labute approximate surface area is 186 Å². The van der Waals surface area contributed by atoms with Crippen LogP contribution in [0.15, 0.2) is 29.2 Å². The van der Waals surface area contributed by atoms with E-state index in [0.717, 1.165) is 19.3 Å². The van der Waals surface area contributed by atoms with Crippen LogP contribution in [-0.4, -0.2) is 48.0 Å². The molecule has 0 radical (unpaired) electrons. The number of anilines is 1. The molecule has 9 heteroatoms. The van der Waals surface area contributed by atoms with Crippen LogP contribution in [0, 0.1) is 11.6 Å². The van der Waals surface area contributed by atoms with Crippen molar-refractivity contribution >= 4 is 17.3 Å². The van der Waals surface area contributed by atoms with Crippen molar-refractivity contribution in [3.05, 3.63) is 57.0 Å². The van der Waals surface area contributed by atoms with Crippen molar-refractivity contribution in [1.82, 2.24) is 14.7 Å². The van der Waals surface area contributed by atoms with Crippen molar-refractivity contribution in [1.29, 1.82) is 0 Å². The van der Waals surface area contributed by atoms with Gasteiger partial charge in [0.25, 0.3) is 5.56 Å². The Morgan fingerprint density at radius 3 is 2.45 bits per heavy atom. The number of aromatic nitrogens is 2. The number of ether oxygens (including phenoxy) is 1. The number of hydrogen-bond acceptors (Lipinski definition) is 5. The third kappa shape index (κ3) is 6.48. The van der Waals surface area contributed by atoms with E-state index >= 15 is 0 Å². The predicted octanol–water partition coefficient (Wildman–Crippen LogP) is 4.24. The maximum atomic E-state index is 13.8. The van der Waals surface area contributed by atoms with Crippen molar-refractivity contribution in [3.8, 4) is 0 Å². The molecular weight excluding hydrogens is 426 g/mol. The summed E-state index contributed by atoms with van der Waals surface area (Å²) in [5.41, 5.74) is 0.667. The van der Waals surface area contributed by atoms with Crippen molar-refractivity contribution in [3.63, 3.8) is 0 Å². The highest BCUT2D eigenvalue weighted by Crippen LogP contribution is 2.24. The second-order valence-electron chi connectivity index (χ2n) is 7.79. The first kappa shape index (κ1) is 23.6. The number of halogens is 3. The van der Waals surface area contributed by atoms with Gasteiger partial charge in [0.15, 0.2) is 0 Å². The van der Waals surface area contributed by atoms with E-state index < -0.39 is 11.6 Å². The Morgan fingerprint density at radius 1 is 1.19 bits per heavy atom. The molecule has 0 unspecified atom stereocenters. The van der Waals surface area contributed by atoms with E-state index in [1.165, 1.54) is 36.1 Å². The Hall–Kier alpha value is -2.03. The molecule has 3 heterocycles. The van der Waals surface area contributed by atoms with Gasteiger partial charge in [0.2, 0.25) is 0 Å². The number of likely N-dealkylation sites (tertiary alicyclic amines) is 1. The largest absolute Gasteiger partial charge is 0.385 e. The average Bonchev–Trinajstić information content (AvgIpc) is 2.80. The summed E-state index contributed by atoms with van der Waals surface area (Å²) in [5.74, 6) is -1.11. The van der Waals surface area contributed by atoms with Crippen LogP contribution in [-0.2, 0) is 11.3 Å². The highest BCUT2D eigenvalue weighted by atomic mass is 35.5. The zero-order valence-corrected chi connectivity index (χ0v) is 18.5. The molecule has 1 N–H and O–H groups in total. The van der Waals surface area contributed by atoms with Gasteiger partial charge in [-0.3, -0.25) is 9.69 Å². The minimum absolute atomic E-state index is 0.0368. The van der Waals surface area contributed by atoms with Gasteiger partial charge in [-0.2, -0.15) is 5.10 Å². The monoisotopic (exact) mass is 454 g/mol. The molecule has 31 heavy (non-hydrogen) atoms. The molecule has 2 aromatic rings. The van der Waals surface area contributed by atoms with Gasteiger partial charge in [0.05, 0.1) is 17.9 Å². The maximum Gasteiger partial charge on any atom is 0.287 e. The van der Waals surface area contributed by atoms with Crippen molar-refractivity contribution in [2.45, 2.75) is 44.7 Å². The highest BCUT2D eigenvalue weighted by molar-refractivity contribution is 6.32. The average molecular weight is 455 g/mol. The van der Waals surface area contributed by atoms with Gasteiger partial charge in [0, 0.05) is 51.5 Å². The molecule has 1 aromatic heterocycles. The second kappa shape index (κ2) is 11.5. The molecule has 6 nitrogen and oxygen atoms in total. The molecule has 0 spiro atoms. The Morgan fingerprint density at radius 2 is 1.90 bits per heavy atom. The molecule has 2 aliphatic heterocycles. The Balaban J connectivity index is 0.000000391. The second-order valence-corrected chi connectivity index (χ2v) is 8.17. The topological polar surface area (TPSA) is 59.4 Å².